The van der Waals surface area contributed by atoms with E-state index in [-0.39, 0.29) is 6.04 Å². The lowest BCUT2D eigenvalue weighted by Gasteiger charge is -2.25. The van der Waals surface area contributed by atoms with E-state index >= 15 is 0 Å². The lowest BCUT2D eigenvalue weighted by molar-refractivity contribution is 0.00747. The maximum Gasteiger partial charge on any atom is 0.0590 e. The van der Waals surface area contributed by atoms with Gasteiger partial charge in [-0.05, 0) is 59.7 Å². The minimum atomic E-state index is 0.161. The van der Waals surface area contributed by atoms with E-state index in [1.54, 1.807) is 6.20 Å². The van der Waals surface area contributed by atoms with Gasteiger partial charge in [0, 0.05) is 29.5 Å². The molecule has 1 aliphatic heterocycles. The van der Waals surface area contributed by atoms with Crippen molar-refractivity contribution in [3.05, 3.63) is 28.5 Å². The van der Waals surface area contributed by atoms with E-state index in [0.29, 0.717) is 6.10 Å². The molecule has 1 aliphatic rings. The van der Waals surface area contributed by atoms with Crippen LogP contribution in [0.25, 0.3) is 0 Å². The van der Waals surface area contributed by atoms with Crippen LogP contribution in [0.2, 0.25) is 0 Å². The fourth-order valence-corrected chi connectivity index (χ4v) is 2.70. The molecule has 1 aromatic rings. The van der Waals surface area contributed by atoms with Crippen molar-refractivity contribution in [3.8, 4) is 0 Å². The Bertz CT molecular complexity index is 353. The number of nitrogens with two attached hydrogens (primary N) is 1. The number of halogens is 1. The molecule has 1 saturated heterocycles. The molecule has 0 saturated carbocycles. The summed E-state index contributed by atoms with van der Waals surface area (Å²) in [4.78, 5) is 4.15. The van der Waals surface area contributed by atoms with E-state index in [4.69, 9.17) is 10.5 Å². The van der Waals surface area contributed by atoms with Gasteiger partial charge in [-0.2, -0.15) is 0 Å². The van der Waals surface area contributed by atoms with Crippen LogP contribution in [0, 0.1) is 0 Å². The molecule has 3 nitrogen and oxygen atoms in total. The van der Waals surface area contributed by atoms with Gasteiger partial charge in [-0.15, -0.1) is 0 Å². The molecule has 2 atom stereocenters. The van der Waals surface area contributed by atoms with E-state index in [0.717, 1.165) is 30.3 Å². The highest BCUT2D eigenvalue weighted by Gasteiger charge is 2.17. The van der Waals surface area contributed by atoms with Gasteiger partial charge in [0.25, 0.3) is 0 Å². The highest BCUT2D eigenvalue weighted by molar-refractivity contribution is 9.10. The second kappa shape index (κ2) is 6.47. The lowest BCUT2D eigenvalue weighted by atomic mass is 9.98. The zero-order valence-corrected chi connectivity index (χ0v) is 11.5. The summed E-state index contributed by atoms with van der Waals surface area (Å²) >= 11 is 3.42. The summed E-state index contributed by atoms with van der Waals surface area (Å²) in [6, 6.07) is 2.24. The zero-order valence-electron chi connectivity index (χ0n) is 9.94. The molecule has 0 aromatic carbocycles. The van der Waals surface area contributed by atoms with Gasteiger partial charge in [-0.25, -0.2) is 0 Å². The second-order valence-corrected chi connectivity index (χ2v) is 5.62. The Labute approximate surface area is 111 Å². The maximum absolute atomic E-state index is 6.16. The number of rotatable bonds is 4. The topological polar surface area (TPSA) is 48.1 Å². The molecule has 2 unspecified atom stereocenters. The monoisotopic (exact) mass is 298 g/mol. The van der Waals surface area contributed by atoms with Crippen molar-refractivity contribution in [1.29, 1.82) is 0 Å². The number of hydrogen-bond acceptors (Lipinski definition) is 3. The maximum atomic E-state index is 6.16. The van der Waals surface area contributed by atoms with Crippen LogP contribution in [-0.4, -0.2) is 23.7 Å². The van der Waals surface area contributed by atoms with Gasteiger partial charge < -0.3 is 10.5 Å². The van der Waals surface area contributed by atoms with Gasteiger partial charge in [0.15, 0.2) is 0 Å². The fourth-order valence-electron chi connectivity index (χ4n) is 2.28. The van der Waals surface area contributed by atoms with Crippen molar-refractivity contribution in [3.63, 3.8) is 0 Å². The average Bonchev–Trinajstić information content (AvgIpc) is 2.30. The summed E-state index contributed by atoms with van der Waals surface area (Å²) in [6.07, 6.45) is 9.48. The number of nitrogens with zero attached hydrogens (tertiary/aromatic N) is 1. The number of aromatic nitrogens is 1. The number of hydrogen-bond donors (Lipinski definition) is 1. The van der Waals surface area contributed by atoms with E-state index in [9.17, 15) is 0 Å². The summed E-state index contributed by atoms with van der Waals surface area (Å²) in [5.74, 6) is 0. The van der Waals surface area contributed by atoms with Crippen molar-refractivity contribution in [2.75, 3.05) is 6.61 Å². The molecule has 94 valence electrons. The predicted octanol–water partition coefficient (Wildman–Crippen LogP) is 2.67. The number of pyridine rings is 1. The quantitative estimate of drug-likeness (QED) is 0.930. The molecule has 0 radical (unpaired) electrons. The third kappa shape index (κ3) is 4.37. The van der Waals surface area contributed by atoms with Crippen LogP contribution in [0.4, 0.5) is 0 Å². The highest BCUT2D eigenvalue weighted by Crippen LogP contribution is 2.18. The van der Waals surface area contributed by atoms with Gasteiger partial charge >= 0.3 is 0 Å². The lowest BCUT2D eigenvalue weighted by Crippen LogP contribution is -2.31. The van der Waals surface area contributed by atoms with Crippen LogP contribution in [0.3, 0.4) is 0 Å². The van der Waals surface area contributed by atoms with Crippen molar-refractivity contribution >= 4 is 15.9 Å². The van der Waals surface area contributed by atoms with Gasteiger partial charge in [0.05, 0.1) is 6.10 Å². The molecular weight excluding hydrogens is 280 g/mol. The first-order valence-corrected chi connectivity index (χ1v) is 7.00. The zero-order chi connectivity index (χ0) is 12.1. The largest absolute Gasteiger partial charge is 0.378 e. The van der Waals surface area contributed by atoms with Gasteiger partial charge in [0.1, 0.15) is 0 Å². The standard InChI is InChI=1S/C13H19BrN2O/c14-11-5-10(8-16-9-11)6-12(15)7-13-3-1-2-4-17-13/h5,8-9,12-13H,1-4,6-7,15H2. The molecule has 2 heterocycles. The molecule has 1 fully saturated rings. The minimum absolute atomic E-state index is 0.161. The molecular formula is C13H19BrN2O. The van der Waals surface area contributed by atoms with Crippen LogP contribution in [0.15, 0.2) is 22.9 Å². The average molecular weight is 299 g/mol. The van der Waals surface area contributed by atoms with Crippen LogP contribution in [0.1, 0.15) is 31.2 Å². The summed E-state index contributed by atoms with van der Waals surface area (Å²) in [5.41, 5.74) is 7.35. The van der Waals surface area contributed by atoms with Gasteiger partial charge in [0.2, 0.25) is 0 Å². The fraction of sp³-hybridized carbons (Fsp3) is 0.615. The van der Waals surface area contributed by atoms with E-state index < -0.39 is 0 Å². The first-order valence-electron chi connectivity index (χ1n) is 6.20. The molecule has 2 N–H and O–H groups in total. The van der Waals surface area contributed by atoms with E-state index in [1.165, 1.54) is 18.4 Å². The molecule has 0 aliphatic carbocycles. The van der Waals surface area contributed by atoms with E-state index in [1.807, 2.05) is 6.20 Å². The van der Waals surface area contributed by atoms with Crippen molar-refractivity contribution < 1.29 is 4.74 Å². The molecule has 0 spiro atoms. The summed E-state index contributed by atoms with van der Waals surface area (Å²) < 4.78 is 6.72. The summed E-state index contributed by atoms with van der Waals surface area (Å²) in [7, 11) is 0. The Kier molecular flexibility index (Phi) is 4.95. The third-order valence-electron chi connectivity index (χ3n) is 3.10. The van der Waals surface area contributed by atoms with Gasteiger partial charge in [-0.1, -0.05) is 0 Å². The van der Waals surface area contributed by atoms with Crippen LogP contribution < -0.4 is 5.73 Å². The first kappa shape index (κ1) is 13.0. The highest BCUT2D eigenvalue weighted by atomic mass is 79.9. The predicted molar refractivity (Wildman–Crippen MR) is 71.8 cm³/mol. The smallest absolute Gasteiger partial charge is 0.0590 e. The Morgan fingerprint density at radius 2 is 2.35 bits per heavy atom. The Morgan fingerprint density at radius 3 is 3.06 bits per heavy atom. The Morgan fingerprint density at radius 1 is 1.47 bits per heavy atom. The Balaban J connectivity index is 1.82. The van der Waals surface area contributed by atoms with Crippen LogP contribution in [0.5, 0.6) is 0 Å². The normalized spacial score (nSPS) is 22.4. The molecule has 0 amide bonds. The van der Waals surface area contributed by atoms with Crippen molar-refractivity contribution in [2.24, 2.45) is 5.73 Å². The summed E-state index contributed by atoms with van der Waals surface area (Å²) in [5, 5.41) is 0. The molecule has 0 bridgehead atoms. The molecule has 4 heteroatoms. The summed E-state index contributed by atoms with van der Waals surface area (Å²) in [6.45, 7) is 0.899. The van der Waals surface area contributed by atoms with Crippen LogP contribution >= 0.6 is 15.9 Å². The first-order chi connectivity index (χ1) is 8.24. The minimum Gasteiger partial charge on any atom is -0.378 e. The third-order valence-corrected chi connectivity index (χ3v) is 3.53. The Hall–Kier alpha value is -0.450. The van der Waals surface area contributed by atoms with E-state index in [2.05, 4.69) is 27.0 Å². The second-order valence-electron chi connectivity index (χ2n) is 4.70. The SMILES string of the molecule is NC(Cc1cncc(Br)c1)CC1CCCCO1. The van der Waals surface area contributed by atoms with Gasteiger partial charge in [-0.3, -0.25) is 4.98 Å². The number of ether oxygens (including phenoxy) is 1. The van der Waals surface area contributed by atoms with Crippen molar-refractivity contribution in [2.45, 2.75) is 44.2 Å². The molecule has 17 heavy (non-hydrogen) atoms. The molecule has 2 rings (SSSR count). The van der Waals surface area contributed by atoms with Crippen LogP contribution in [-0.2, 0) is 11.2 Å². The van der Waals surface area contributed by atoms with Crippen molar-refractivity contribution in [1.82, 2.24) is 4.98 Å². The molecule has 1 aromatic heterocycles.